The molecule has 20 heavy (non-hydrogen) atoms. The molecule has 0 saturated carbocycles. The van der Waals surface area contributed by atoms with Gasteiger partial charge in [-0.2, -0.15) is 0 Å². The van der Waals surface area contributed by atoms with Crippen molar-refractivity contribution in [3.8, 4) is 5.75 Å². The van der Waals surface area contributed by atoms with Crippen LogP contribution in [0.3, 0.4) is 0 Å². The van der Waals surface area contributed by atoms with Crippen LogP contribution in [0, 0.1) is 5.92 Å². The first-order valence-electron chi connectivity index (χ1n) is 6.79. The smallest absolute Gasteiger partial charge is 0.258 e. The van der Waals surface area contributed by atoms with E-state index in [4.69, 9.17) is 4.74 Å². The van der Waals surface area contributed by atoms with Crippen molar-refractivity contribution in [2.75, 3.05) is 6.61 Å². The van der Waals surface area contributed by atoms with Gasteiger partial charge < -0.3 is 4.74 Å². The number of hydrogen-bond acceptors (Lipinski definition) is 3. The number of carbonyl (C=O) groups excluding carboxylic acids is 2. The van der Waals surface area contributed by atoms with Gasteiger partial charge in [0.25, 0.3) is 11.8 Å². The lowest BCUT2D eigenvalue weighted by atomic mass is 9.82. The fourth-order valence-corrected chi connectivity index (χ4v) is 2.03. The summed E-state index contributed by atoms with van der Waals surface area (Å²) in [7, 11) is 0. The average Bonchev–Trinajstić information content (AvgIpc) is 2.68. The molecule has 108 valence electrons. The average molecular weight is 276 g/mol. The van der Waals surface area contributed by atoms with Gasteiger partial charge in [-0.15, -0.1) is 0 Å². The molecule has 0 bridgehead atoms. The third-order valence-electron chi connectivity index (χ3n) is 3.59. The van der Waals surface area contributed by atoms with E-state index >= 15 is 0 Å². The number of hydrogen-bond donors (Lipinski definition) is 2. The molecule has 1 saturated heterocycles. The quantitative estimate of drug-likeness (QED) is 0.801. The Morgan fingerprint density at radius 3 is 2.15 bits per heavy atom. The summed E-state index contributed by atoms with van der Waals surface area (Å²) in [5.74, 6) is 0.669. The highest BCUT2D eigenvalue weighted by atomic mass is 16.5. The Balaban J connectivity index is 2.08. The Labute approximate surface area is 118 Å². The zero-order chi connectivity index (χ0) is 14.8. The second kappa shape index (κ2) is 5.53. The molecule has 0 aliphatic carbocycles. The minimum Gasteiger partial charge on any atom is -0.494 e. The van der Waals surface area contributed by atoms with E-state index < -0.39 is 5.41 Å². The fraction of sp³-hybridized carbons (Fsp3) is 0.467. The Morgan fingerprint density at radius 1 is 1.10 bits per heavy atom. The zero-order valence-corrected chi connectivity index (χ0v) is 12.0. The maximum absolute atomic E-state index is 11.8. The van der Waals surface area contributed by atoms with E-state index in [0.29, 0.717) is 18.1 Å². The molecule has 0 atom stereocenters. The van der Waals surface area contributed by atoms with Crippen molar-refractivity contribution < 1.29 is 14.3 Å². The molecule has 2 amide bonds. The molecular formula is C15H20N2O3. The van der Waals surface area contributed by atoms with Crippen molar-refractivity contribution in [3.05, 3.63) is 29.8 Å². The van der Waals surface area contributed by atoms with Crippen LogP contribution in [0.25, 0.3) is 0 Å². The van der Waals surface area contributed by atoms with Crippen molar-refractivity contribution in [1.29, 1.82) is 0 Å². The second-order valence-corrected chi connectivity index (χ2v) is 5.59. The first-order chi connectivity index (χ1) is 9.44. The first-order valence-corrected chi connectivity index (χ1v) is 6.79. The number of benzene rings is 1. The van der Waals surface area contributed by atoms with Gasteiger partial charge in [-0.3, -0.25) is 20.4 Å². The number of hydrazine groups is 1. The SMILES string of the molecule is CC(C)CCOc1ccc(C2(C)C(=O)NNC2=O)cc1. The summed E-state index contributed by atoms with van der Waals surface area (Å²) in [6.45, 7) is 6.56. The van der Waals surface area contributed by atoms with E-state index in [0.717, 1.165) is 12.2 Å². The van der Waals surface area contributed by atoms with Crippen LogP contribution < -0.4 is 15.6 Å². The van der Waals surface area contributed by atoms with Gasteiger partial charge in [0.05, 0.1) is 6.61 Å². The van der Waals surface area contributed by atoms with Crippen LogP contribution in [0.4, 0.5) is 0 Å². The molecule has 0 radical (unpaired) electrons. The molecule has 1 fully saturated rings. The standard InChI is InChI=1S/C15H20N2O3/c1-10(2)8-9-20-12-6-4-11(5-7-12)15(3)13(18)16-17-14(15)19/h4-7,10H,8-9H2,1-3H3,(H,16,18)(H,17,19). The molecule has 0 aromatic heterocycles. The number of ether oxygens (including phenoxy) is 1. The van der Waals surface area contributed by atoms with Crippen molar-refractivity contribution in [3.63, 3.8) is 0 Å². The lowest BCUT2D eigenvalue weighted by Crippen LogP contribution is -2.37. The maximum Gasteiger partial charge on any atom is 0.258 e. The van der Waals surface area contributed by atoms with Crippen LogP contribution >= 0.6 is 0 Å². The highest BCUT2D eigenvalue weighted by molar-refractivity contribution is 6.14. The van der Waals surface area contributed by atoms with Crippen molar-refractivity contribution >= 4 is 11.8 Å². The number of carbonyl (C=O) groups is 2. The molecule has 2 N–H and O–H groups in total. The summed E-state index contributed by atoms with van der Waals surface area (Å²) in [5.41, 5.74) is 4.18. The molecule has 0 spiro atoms. The summed E-state index contributed by atoms with van der Waals surface area (Å²) in [4.78, 5) is 23.6. The Hall–Kier alpha value is -2.04. The summed E-state index contributed by atoms with van der Waals surface area (Å²) in [6, 6.07) is 7.10. The molecule has 5 nitrogen and oxygen atoms in total. The molecule has 2 rings (SSSR count). The molecule has 1 aromatic carbocycles. The van der Waals surface area contributed by atoms with Gasteiger partial charge in [-0.25, -0.2) is 0 Å². The topological polar surface area (TPSA) is 67.4 Å². The summed E-state index contributed by atoms with van der Waals surface area (Å²) >= 11 is 0. The number of nitrogens with one attached hydrogen (secondary N) is 2. The van der Waals surface area contributed by atoms with Gasteiger partial charge in [0, 0.05) is 0 Å². The first kappa shape index (κ1) is 14.4. The summed E-state index contributed by atoms with van der Waals surface area (Å²) in [5, 5.41) is 0. The Morgan fingerprint density at radius 2 is 1.65 bits per heavy atom. The minimum absolute atomic E-state index is 0.337. The predicted octanol–water partition coefficient (Wildman–Crippen LogP) is 1.53. The molecule has 5 heteroatoms. The molecular weight excluding hydrogens is 256 g/mol. The summed E-state index contributed by atoms with van der Waals surface area (Å²) < 4.78 is 5.62. The van der Waals surface area contributed by atoms with Crippen LogP contribution in [0.2, 0.25) is 0 Å². The second-order valence-electron chi connectivity index (χ2n) is 5.59. The predicted molar refractivity (Wildman–Crippen MR) is 75.0 cm³/mol. The molecule has 1 aromatic rings. The monoisotopic (exact) mass is 276 g/mol. The van der Waals surface area contributed by atoms with E-state index in [1.807, 2.05) is 0 Å². The van der Waals surface area contributed by atoms with Crippen LogP contribution in [-0.2, 0) is 15.0 Å². The van der Waals surface area contributed by atoms with Gasteiger partial charge in [-0.1, -0.05) is 26.0 Å². The highest BCUT2D eigenvalue weighted by Crippen LogP contribution is 2.28. The Kier molecular flexibility index (Phi) is 3.97. The van der Waals surface area contributed by atoms with Gasteiger partial charge in [0.2, 0.25) is 0 Å². The van der Waals surface area contributed by atoms with Crippen molar-refractivity contribution in [2.45, 2.75) is 32.6 Å². The van der Waals surface area contributed by atoms with E-state index in [-0.39, 0.29) is 11.8 Å². The largest absolute Gasteiger partial charge is 0.494 e. The van der Waals surface area contributed by atoms with Crippen LogP contribution in [-0.4, -0.2) is 18.4 Å². The van der Waals surface area contributed by atoms with Gasteiger partial charge in [0.15, 0.2) is 5.41 Å². The fourth-order valence-electron chi connectivity index (χ4n) is 2.03. The molecule has 1 heterocycles. The van der Waals surface area contributed by atoms with E-state index in [2.05, 4.69) is 24.7 Å². The minimum atomic E-state index is -1.17. The van der Waals surface area contributed by atoms with Crippen molar-refractivity contribution in [2.24, 2.45) is 5.92 Å². The van der Waals surface area contributed by atoms with Gasteiger partial charge in [-0.05, 0) is 37.0 Å². The summed E-state index contributed by atoms with van der Waals surface area (Å²) in [6.07, 6.45) is 0.990. The third-order valence-corrected chi connectivity index (χ3v) is 3.59. The number of amides is 2. The lowest BCUT2D eigenvalue weighted by molar-refractivity contribution is -0.129. The third kappa shape index (κ3) is 2.61. The van der Waals surface area contributed by atoms with E-state index in [9.17, 15) is 9.59 Å². The number of rotatable bonds is 5. The van der Waals surface area contributed by atoms with E-state index in [1.165, 1.54) is 0 Å². The van der Waals surface area contributed by atoms with Crippen LogP contribution in [0.1, 0.15) is 32.8 Å². The molecule has 1 aliphatic rings. The van der Waals surface area contributed by atoms with Gasteiger partial charge in [0.1, 0.15) is 5.75 Å². The van der Waals surface area contributed by atoms with Crippen LogP contribution in [0.15, 0.2) is 24.3 Å². The van der Waals surface area contributed by atoms with E-state index in [1.54, 1.807) is 31.2 Å². The molecule has 1 aliphatic heterocycles. The zero-order valence-electron chi connectivity index (χ0n) is 12.0. The Bertz CT molecular complexity index is 492. The van der Waals surface area contributed by atoms with Gasteiger partial charge >= 0.3 is 0 Å². The normalized spacial score (nSPS) is 17.0. The van der Waals surface area contributed by atoms with Crippen molar-refractivity contribution in [1.82, 2.24) is 10.9 Å². The molecule has 0 unspecified atom stereocenters. The van der Waals surface area contributed by atoms with Crippen LogP contribution in [0.5, 0.6) is 5.75 Å². The lowest BCUT2D eigenvalue weighted by Gasteiger charge is -2.18. The maximum atomic E-state index is 11.8. The highest BCUT2D eigenvalue weighted by Gasteiger charge is 2.47.